The second kappa shape index (κ2) is 7.05. The third-order valence-corrected chi connectivity index (χ3v) is 3.82. The molecule has 0 unspecified atom stereocenters. The van der Waals surface area contributed by atoms with Gasteiger partial charge in [0.2, 0.25) is 0 Å². The summed E-state index contributed by atoms with van der Waals surface area (Å²) in [6.07, 6.45) is 0.831. The number of rotatable bonds is 5. The van der Waals surface area contributed by atoms with E-state index in [1.54, 1.807) is 35.4 Å². The molecule has 20 heavy (non-hydrogen) atoms. The van der Waals surface area contributed by atoms with E-state index < -0.39 is 0 Å². The van der Waals surface area contributed by atoms with E-state index in [1.807, 2.05) is 17.5 Å². The molecule has 2 amide bonds. The molecule has 0 aliphatic rings. The number of amides is 2. The van der Waals surface area contributed by atoms with Crippen molar-refractivity contribution in [3.05, 3.63) is 58.0 Å². The fraction of sp³-hybridized carbons (Fsp3) is 0.267. The largest absolute Gasteiger partial charge is 0.338 e. The quantitative estimate of drug-likeness (QED) is 0.901. The average molecular weight is 292 g/mol. The van der Waals surface area contributed by atoms with Gasteiger partial charge in [0.1, 0.15) is 5.82 Å². The van der Waals surface area contributed by atoms with Crippen molar-refractivity contribution in [2.24, 2.45) is 0 Å². The molecule has 106 valence electrons. The van der Waals surface area contributed by atoms with Crippen LogP contribution in [0.3, 0.4) is 0 Å². The highest BCUT2D eigenvalue weighted by molar-refractivity contribution is 7.09. The van der Waals surface area contributed by atoms with Gasteiger partial charge in [-0.05, 0) is 35.6 Å². The molecule has 1 heterocycles. The zero-order valence-electron chi connectivity index (χ0n) is 11.3. The van der Waals surface area contributed by atoms with Gasteiger partial charge in [-0.3, -0.25) is 0 Å². The molecule has 2 rings (SSSR count). The number of urea groups is 1. The maximum absolute atomic E-state index is 13.1. The Bertz CT molecular complexity index is 557. The molecular weight excluding hydrogens is 275 g/mol. The van der Waals surface area contributed by atoms with Crippen molar-refractivity contribution >= 4 is 17.4 Å². The smallest absolute Gasteiger partial charge is 0.317 e. The summed E-state index contributed by atoms with van der Waals surface area (Å²) in [6, 6.07) is 10.2. The number of nitrogens with zero attached hydrogens (tertiary/aromatic N) is 1. The summed E-state index contributed by atoms with van der Waals surface area (Å²) in [4.78, 5) is 14.7. The van der Waals surface area contributed by atoms with E-state index in [9.17, 15) is 9.18 Å². The van der Waals surface area contributed by atoms with Crippen LogP contribution >= 0.6 is 11.3 Å². The van der Waals surface area contributed by atoms with Crippen molar-refractivity contribution in [1.29, 1.82) is 0 Å². The Morgan fingerprint density at radius 1 is 1.35 bits per heavy atom. The molecule has 0 radical (unpaired) electrons. The van der Waals surface area contributed by atoms with E-state index in [0.29, 0.717) is 13.1 Å². The van der Waals surface area contributed by atoms with Gasteiger partial charge >= 0.3 is 6.03 Å². The monoisotopic (exact) mass is 292 g/mol. The summed E-state index contributed by atoms with van der Waals surface area (Å²) in [5, 5.41) is 4.88. The zero-order valence-corrected chi connectivity index (χ0v) is 12.1. The number of carbonyl (C=O) groups is 1. The first-order valence-electron chi connectivity index (χ1n) is 6.41. The van der Waals surface area contributed by atoms with Crippen LogP contribution in [0.2, 0.25) is 0 Å². The molecule has 0 aliphatic carbocycles. The van der Waals surface area contributed by atoms with Gasteiger partial charge < -0.3 is 10.2 Å². The predicted octanol–water partition coefficient (Wildman–Crippen LogP) is 3.27. The summed E-state index contributed by atoms with van der Waals surface area (Å²) in [7, 11) is 1.70. The zero-order chi connectivity index (χ0) is 14.4. The fourth-order valence-electron chi connectivity index (χ4n) is 1.86. The number of thiophene rings is 1. The van der Waals surface area contributed by atoms with Gasteiger partial charge in [-0.15, -0.1) is 11.3 Å². The van der Waals surface area contributed by atoms with Crippen molar-refractivity contribution in [2.45, 2.75) is 13.0 Å². The topological polar surface area (TPSA) is 32.3 Å². The Kier molecular flexibility index (Phi) is 5.12. The average Bonchev–Trinajstić information content (AvgIpc) is 2.91. The van der Waals surface area contributed by atoms with Crippen molar-refractivity contribution in [2.75, 3.05) is 13.6 Å². The van der Waals surface area contributed by atoms with E-state index >= 15 is 0 Å². The Labute approximate surface area is 122 Å². The van der Waals surface area contributed by atoms with Gasteiger partial charge in [0, 0.05) is 25.0 Å². The Morgan fingerprint density at radius 2 is 2.20 bits per heavy atom. The molecule has 5 heteroatoms. The Hall–Kier alpha value is -1.88. The van der Waals surface area contributed by atoms with Crippen LogP contribution in [0, 0.1) is 5.82 Å². The Morgan fingerprint density at radius 3 is 2.90 bits per heavy atom. The first-order chi connectivity index (χ1) is 9.65. The van der Waals surface area contributed by atoms with Crippen molar-refractivity contribution in [3.63, 3.8) is 0 Å². The normalized spacial score (nSPS) is 10.3. The van der Waals surface area contributed by atoms with Crippen molar-refractivity contribution in [3.8, 4) is 0 Å². The lowest BCUT2D eigenvalue weighted by atomic mass is 10.2. The van der Waals surface area contributed by atoms with Gasteiger partial charge in [0.05, 0.1) is 0 Å². The van der Waals surface area contributed by atoms with Crippen molar-refractivity contribution in [1.82, 2.24) is 10.2 Å². The third kappa shape index (κ3) is 4.35. The maximum atomic E-state index is 13.1. The standard InChI is InChI=1S/C15H17FN2OS/c1-18(11-12-4-2-5-13(16)10-12)15(19)17-8-7-14-6-3-9-20-14/h2-6,9-10H,7-8,11H2,1H3,(H,17,19). The minimum Gasteiger partial charge on any atom is -0.338 e. The van der Waals surface area contributed by atoms with Crippen molar-refractivity contribution < 1.29 is 9.18 Å². The van der Waals surface area contributed by atoms with E-state index in [4.69, 9.17) is 0 Å². The minimum atomic E-state index is -0.283. The van der Waals surface area contributed by atoms with Crippen LogP contribution < -0.4 is 5.32 Å². The molecule has 2 aromatic rings. The molecular formula is C15H17FN2OS. The second-order valence-electron chi connectivity index (χ2n) is 4.55. The molecule has 0 spiro atoms. The SMILES string of the molecule is CN(Cc1cccc(F)c1)C(=O)NCCc1cccs1. The molecule has 0 atom stereocenters. The molecule has 1 N–H and O–H groups in total. The Balaban J connectivity index is 1.77. The highest BCUT2D eigenvalue weighted by Gasteiger charge is 2.08. The van der Waals surface area contributed by atoms with Crippen LogP contribution in [-0.2, 0) is 13.0 Å². The number of carbonyl (C=O) groups excluding carboxylic acids is 1. The molecule has 0 aliphatic heterocycles. The third-order valence-electron chi connectivity index (χ3n) is 2.88. The molecule has 0 saturated carbocycles. The van der Waals surface area contributed by atoms with Crippen LogP contribution in [0.4, 0.5) is 9.18 Å². The highest BCUT2D eigenvalue weighted by Crippen LogP contribution is 2.09. The van der Waals surface area contributed by atoms with Gasteiger partial charge in [-0.2, -0.15) is 0 Å². The number of hydrogen-bond donors (Lipinski definition) is 1. The number of halogens is 1. The van der Waals surface area contributed by atoms with Gasteiger partial charge in [0.15, 0.2) is 0 Å². The summed E-state index contributed by atoms with van der Waals surface area (Å²) >= 11 is 1.68. The van der Waals surface area contributed by atoms with Crippen LogP contribution in [0.15, 0.2) is 41.8 Å². The van der Waals surface area contributed by atoms with Crippen LogP contribution in [0.1, 0.15) is 10.4 Å². The number of hydrogen-bond acceptors (Lipinski definition) is 2. The van der Waals surface area contributed by atoms with E-state index in [-0.39, 0.29) is 11.8 Å². The molecule has 1 aromatic carbocycles. The number of benzene rings is 1. The number of nitrogens with one attached hydrogen (secondary N) is 1. The summed E-state index contributed by atoms with van der Waals surface area (Å²) in [5.41, 5.74) is 0.779. The lowest BCUT2D eigenvalue weighted by Gasteiger charge is -2.18. The maximum Gasteiger partial charge on any atom is 0.317 e. The summed E-state index contributed by atoms with van der Waals surface area (Å²) in [5.74, 6) is -0.283. The van der Waals surface area contributed by atoms with Gasteiger partial charge in [-0.25, -0.2) is 9.18 Å². The second-order valence-corrected chi connectivity index (χ2v) is 5.58. The van der Waals surface area contributed by atoms with E-state index in [1.165, 1.54) is 17.0 Å². The van der Waals surface area contributed by atoms with E-state index in [2.05, 4.69) is 5.32 Å². The molecule has 0 saturated heterocycles. The van der Waals surface area contributed by atoms with Gasteiger partial charge in [0.25, 0.3) is 0 Å². The molecule has 0 fully saturated rings. The molecule has 0 bridgehead atoms. The van der Waals surface area contributed by atoms with Crippen LogP contribution in [0.25, 0.3) is 0 Å². The first kappa shape index (κ1) is 14.5. The van der Waals surface area contributed by atoms with Gasteiger partial charge in [-0.1, -0.05) is 18.2 Å². The molecule has 1 aromatic heterocycles. The lowest BCUT2D eigenvalue weighted by Crippen LogP contribution is -2.37. The molecule has 3 nitrogen and oxygen atoms in total. The fourth-order valence-corrected chi connectivity index (χ4v) is 2.57. The summed E-state index contributed by atoms with van der Waals surface area (Å²) < 4.78 is 13.1. The predicted molar refractivity (Wildman–Crippen MR) is 79.3 cm³/mol. The highest BCUT2D eigenvalue weighted by atomic mass is 32.1. The first-order valence-corrected chi connectivity index (χ1v) is 7.29. The summed E-state index contributed by atoms with van der Waals surface area (Å²) in [6.45, 7) is 0.995. The van der Waals surface area contributed by atoms with E-state index in [0.717, 1.165) is 12.0 Å². The van der Waals surface area contributed by atoms with Crippen LogP contribution in [0.5, 0.6) is 0 Å². The lowest BCUT2D eigenvalue weighted by molar-refractivity contribution is 0.207. The van der Waals surface area contributed by atoms with Crippen LogP contribution in [-0.4, -0.2) is 24.5 Å². The minimum absolute atomic E-state index is 0.147.